The van der Waals surface area contributed by atoms with Crippen LogP contribution in [0.5, 0.6) is 0 Å². The number of aromatic carboxylic acids is 1. The molecule has 1 N–H and O–H groups in total. The Hall–Kier alpha value is -4.69. The van der Waals surface area contributed by atoms with E-state index in [2.05, 4.69) is 120 Å². The quantitative estimate of drug-likeness (QED) is 0.217. The lowest BCUT2D eigenvalue weighted by Crippen LogP contribution is -2.27. The lowest BCUT2D eigenvalue weighted by Gasteiger charge is -2.40. The molecule has 218 valence electrons. The molecule has 0 spiro atoms. The lowest BCUT2D eigenvalue weighted by molar-refractivity contribution is 0.0697. The Bertz CT molecular complexity index is 2080. The molecule has 0 amide bonds. The average molecular weight is 575 g/mol. The molecule has 5 aromatic carbocycles. The van der Waals surface area contributed by atoms with Crippen molar-refractivity contribution in [1.29, 1.82) is 0 Å². The highest BCUT2D eigenvalue weighted by Gasteiger charge is 2.36. The van der Waals surface area contributed by atoms with Crippen molar-refractivity contribution in [2.45, 2.75) is 52.9 Å². The summed E-state index contributed by atoms with van der Waals surface area (Å²) in [5.74, 6) is -0.911. The van der Waals surface area contributed by atoms with E-state index in [1.807, 2.05) is 12.1 Å². The smallest absolute Gasteiger partial charge is 0.335 e. The third kappa shape index (κ3) is 4.79. The largest absolute Gasteiger partial charge is 0.478 e. The zero-order valence-corrected chi connectivity index (χ0v) is 26.2. The highest BCUT2D eigenvalue weighted by molar-refractivity contribution is 6.05. The molecule has 0 unspecified atom stereocenters. The van der Waals surface area contributed by atoms with Gasteiger partial charge >= 0.3 is 5.97 Å². The molecule has 0 saturated carbocycles. The molecule has 2 nitrogen and oxygen atoms in total. The number of carboxylic acid groups (broad SMARTS) is 1. The van der Waals surface area contributed by atoms with Gasteiger partial charge in [0.25, 0.3) is 0 Å². The number of fused-ring (bicyclic) bond motifs is 5. The molecular formula is C42H38O2. The molecule has 0 fully saturated rings. The van der Waals surface area contributed by atoms with Crippen LogP contribution in [0.4, 0.5) is 0 Å². The van der Waals surface area contributed by atoms with Crippen LogP contribution in [-0.4, -0.2) is 11.1 Å². The van der Waals surface area contributed by atoms with Crippen LogP contribution in [-0.2, 0) is 5.41 Å². The molecule has 44 heavy (non-hydrogen) atoms. The number of carboxylic acids is 1. The Balaban J connectivity index is 1.38. The predicted octanol–water partition coefficient (Wildman–Crippen LogP) is 11.3. The van der Waals surface area contributed by atoms with Crippen molar-refractivity contribution >= 4 is 44.7 Å². The van der Waals surface area contributed by atoms with Gasteiger partial charge in [-0.15, -0.1) is 0 Å². The third-order valence-electron chi connectivity index (χ3n) is 9.57. The van der Waals surface area contributed by atoms with E-state index in [0.29, 0.717) is 5.56 Å². The molecule has 7 rings (SSSR count). The first kappa shape index (κ1) is 28.1. The number of carbonyl (C=O) groups is 1. The van der Waals surface area contributed by atoms with Crippen LogP contribution in [0.3, 0.4) is 0 Å². The van der Waals surface area contributed by atoms with Gasteiger partial charge in [0, 0.05) is 0 Å². The predicted molar refractivity (Wildman–Crippen MR) is 186 cm³/mol. The fourth-order valence-electron chi connectivity index (χ4n) is 7.62. The average Bonchev–Trinajstić information content (AvgIpc) is 2.99. The number of hydrogen-bond donors (Lipinski definition) is 1. The van der Waals surface area contributed by atoms with Gasteiger partial charge in [-0.3, -0.25) is 0 Å². The summed E-state index contributed by atoms with van der Waals surface area (Å²) in [6, 6.07) is 31.8. The number of allylic oxidation sites excluding steroid dienone is 5. The van der Waals surface area contributed by atoms with E-state index in [9.17, 15) is 9.90 Å². The SMILES string of the molecule is CC(=Cc1ccc(C(=O)O)cc1)c1c(-c2ccc3c4c(ccc3c2)C2=C(CC(C)(C)C=C2)CC4(C)C)ccc2ccccc12. The summed E-state index contributed by atoms with van der Waals surface area (Å²) in [4.78, 5) is 11.4. The van der Waals surface area contributed by atoms with Crippen LogP contribution in [0.1, 0.15) is 80.1 Å². The fraction of sp³-hybridized carbons (Fsp3) is 0.214. The normalized spacial score (nSPS) is 17.1. The minimum absolute atomic E-state index is 0.0556. The van der Waals surface area contributed by atoms with Gasteiger partial charge in [0.2, 0.25) is 0 Å². The van der Waals surface area contributed by atoms with E-state index in [4.69, 9.17) is 0 Å². The molecule has 2 aliphatic carbocycles. The summed E-state index contributed by atoms with van der Waals surface area (Å²) in [5, 5.41) is 14.4. The molecule has 0 saturated heterocycles. The van der Waals surface area contributed by atoms with Crippen LogP contribution in [0.25, 0.3) is 49.9 Å². The summed E-state index contributed by atoms with van der Waals surface area (Å²) in [5.41, 5.74) is 12.1. The Morgan fingerprint density at radius 2 is 1.50 bits per heavy atom. The molecule has 0 bridgehead atoms. The van der Waals surface area contributed by atoms with Crippen LogP contribution >= 0.6 is 0 Å². The van der Waals surface area contributed by atoms with E-state index in [0.717, 1.165) is 24.0 Å². The molecular weight excluding hydrogens is 536 g/mol. The summed E-state index contributed by atoms with van der Waals surface area (Å²) >= 11 is 0. The summed E-state index contributed by atoms with van der Waals surface area (Å²) in [6.07, 6.45) is 9.13. The van der Waals surface area contributed by atoms with Gasteiger partial charge in [-0.1, -0.05) is 124 Å². The number of benzene rings is 5. The topological polar surface area (TPSA) is 37.3 Å². The highest BCUT2D eigenvalue weighted by Crippen LogP contribution is 2.51. The van der Waals surface area contributed by atoms with Crippen molar-refractivity contribution in [3.05, 3.63) is 137 Å². The Labute approximate surface area is 260 Å². The van der Waals surface area contributed by atoms with Gasteiger partial charge in [0.05, 0.1) is 5.56 Å². The first-order valence-electron chi connectivity index (χ1n) is 15.5. The fourth-order valence-corrected chi connectivity index (χ4v) is 7.62. The van der Waals surface area contributed by atoms with E-state index >= 15 is 0 Å². The highest BCUT2D eigenvalue weighted by atomic mass is 16.4. The van der Waals surface area contributed by atoms with Crippen molar-refractivity contribution in [1.82, 2.24) is 0 Å². The van der Waals surface area contributed by atoms with Gasteiger partial charge in [-0.05, 0) is 115 Å². The van der Waals surface area contributed by atoms with E-state index < -0.39 is 5.97 Å². The maximum absolute atomic E-state index is 11.4. The monoisotopic (exact) mass is 574 g/mol. The Morgan fingerprint density at radius 1 is 0.773 bits per heavy atom. The van der Waals surface area contributed by atoms with Crippen LogP contribution in [0.15, 0.2) is 109 Å². The standard InChI is InChI=1S/C42H38O2/c1-26(22-27-10-12-29(13-11-27)40(43)44)38-34-9-7-6-8-28(34)14-17-35(38)30-15-18-36-31(23-30)16-19-37-33-20-21-41(2,3)24-32(33)25-42(4,5)39(36)37/h6-23H,24-25H2,1-5H3,(H,43,44). The van der Waals surface area contributed by atoms with Gasteiger partial charge < -0.3 is 5.11 Å². The lowest BCUT2D eigenvalue weighted by atomic mass is 9.64. The van der Waals surface area contributed by atoms with Gasteiger partial charge in [-0.25, -0.2) is 4.79 Å². The van der Waals surface area contributed by atoms with Crippen molar-refractivity contribution in [3.8, 4) is 11.1 Å². The van der Waals surface area contributed by atoms with E-state index in [1.165, 1.54) is 54.9 Å². The zero-order valence-electron chi connectivity index (χ0n) is 26.2. The van der Waals surface area contributed by atoms with Gasteiger partial charge in [0.15, 0.2) is 0 Å². The minimum Gasteiger partial charge on any atom is -0.478 e. The summed E-state index contributed by atoms with van der Waals surface area (Å²) in [7, 11) is 0. The summed E-state index contributed by atoms with van der Waals surface area (Å²) in [6.45, 7) is 11.6. The first-order valence-corrected chi connectivity index (χ1v) is 15.5. The first-order chi connectivity index (χ1) is 21.0. The second kappa shape index (κ2) is 10.2. The van der Waals surface area contributed by atoms with E-state index in [1.54, 1.807) is 17.7 Å². The van der Waals surface area contributed by atoms with Gasteiger partial charge in [0.1, 0.15) is 0 Å². The molecule has 0 atom stereocenters. The number of hydrogen-bond acceptors (Lipinski definition) is 1. The Morgan fingerprint density at radius 3 is 2.27 bits per heavy atom. The molecule has 0 aliphatic heterocycles. The molecule has 0 radical (unpaired) electrons. The van der Waals surface area contributed by atoms with Crippen LogP contribution in [0, 0.1) is 5.41 Å². The van der Waals surface area contributed by atoms with Crippen LogP contribution < -0.4 is 0 Å². The van der Waals surface area contributed by atoms with Gasteiger partial charge in [-0.2, -0.15) is 0 Å². The van der Waals surface area contributed by atoms with Crippen molar-refractivity contribution in [3.63, 3.8) is 0 Å². The molecule has 2 heteroatoms. The molecule has 2 aliphatic rings. The van der Waals surface area contributed by atoms with E-state index in [-0.39, 0.29) is 10.8 Å². The maximum atomic E-state index is 11.4. The van der Waals surface area contributed by atoms with Crippen LogP contribution in [0.2, 0.25) is 0 Å². The molecule has 5 aromatic rings. The molecule has 0 heterocycles. The maximum Gasteiger partial charge on any atom is 0.335 e. The second-order valence-electron chi connectivity index (χ2n) is 14.0. The zero-order chi connectivity index (χ0) is 30.8. The van der Waals surface area contributed by atoms with Crippen molar-refractivity contribution < 1.29 is 9.90 Å². The second-order valence-corrected chi connectivity index (χ2v) is 14.0. The third-order valence-corrected chi connectivity index (χ3v) is 9.57. The number of rotatable bonds is 4. The Kier molecular flexibility index (Phi) is 6.51. The molecule has 0 aromatic heterocycles. The van der Waals surface area contributed by atoms with Crippen molar-refractivity contribution in [2.75, 3.05) is 0 Å². The van der Waals surface area contributed by atoms with Crippen molar-refractivity contribution in [2.24, 2.45) is 5.41 Å². The minimum atomic E-state index is -0.911. The summed E-state index contributed by atoms with van der Waals surface area (Å²) < 4.78 is 0.